The quantitative estimate of drug-likeness (QED) is 0.499. The van der Waals surface area contributed by atoms with Crippen molar-refractivity contribution in [2.24, 2.45) is 0 Å². The van der Waals surface area contributed by atoms with Crippen LogP contribution in [0.1, 0.15) is 45.4 Å². The minimum absolute atomic E-state index is 0. The van der Waals surface area contributed by atoms with E-state index in [1.807, 2.05) is 0 Å². The molecule has 0 radical (unpaired) electrons. The summed E-state index contributed by atoms with van der Waals surface area (Å²) in [6, 6.07) is 0. The molecule has 0 aromatic carbocycles. The third kappa shape index (κ3) is 14.2. The van der Waals surface area contributed by atoms with Crippen LogP contribution in [0.5, 0.6) is 0 Å². The van der Waals surface area contributed by atoms with Gasteiger partial charge in [-0.05, 0) is 12.8 Å². The van der Waals surface area contributed by atoms with Gasteiger partial charge in [0, 0.05) is 5.97 Å². The molecule has 11 heavy (non-hydrogen) atoms. The number of rotatable bonds is 6. The largest absolute Gasteiger partial charge is 1.00 e. The number of carbonyl (C=O) groups excluding carboxylic acids is 1. The zero-order valence-corrected chi connectivity index (χ0v) is 12.5. The van der Waals surface area contributed by atoms with Crippen molar-refractivity contribution in [2.45, 2.75) is 45.4 Å². The molecular formula is C8H15O2Rb. The minimum atomic E-state index is -0.920. The number of carboxylic acids is 1. The van der Waals surface area contributed by atoms with Gasteiger partial charge in [0.1, 0.15) is 0 Å². The van der Waals surface area contributed by atoms with Crippen LogP contribution >= 0.6 is 0 Å². The number of carbonyl (C=O) groups is 1. The van der Waals surface area contributed by atoms with Crippen LogP contribution < -0.4 is 63.3 Å². The van der Waals surface area contributed by atoms with Crippen LogP contribution in [-0.4, -0.2) is 5.97 Å². The smallest absolute Gasteiger partial charge is 0.550 e. The zero-order valence-electron chi connectivity index (χ0n) is 7.56. The standard InChI is InChI=1S/C8H16O2.Rb/c1-2-3-4-5-6-7-8(9)10;/h2-7H2,1H3,(H,9,10);/q;+1/p-1. The molecule has 0 N–H and O–H groups in total. The van der Waals surface area contributed by atoms with E-state index in [1.54, 1.807) is 0 Å². The summed E-state index contributed by atoms with van der Waals surface area (Å²) in [5.41, 5.74) is 0. The Morgan fingerprint density at radius 2 is 1.73 bits per heavy atom. The van der Waals surface area contributed by atoms with Gasteiger partial charge in [0.15, 0.2) is 0 Å². The Balaban J connectivity index is 0. The minimum Gasteiger partial charge on any atom is -0.550 e. The van der Waals surface area contributed by atoms with Gasteiger partial charge in [-0.2, -0.15) is 0 Å². The zero-order chi connectivity index (χ0) is 7.82. The monoisotopic (exact) mass is 228 g/mol. The fourth-order valence-corrected chi connectivity index (χ4v) is 0.873. The van der Waals surface area contributed by atoms with Crippen molar-refractivity contribution in [3.8, 4) is 0 Å². The van der Waals surface area contributed by atoms with Gasteiger partial charge in [0.2, 0.25) is 0 Å². The number of unbranched alkanes of at least 4 members (excludes halogenated alkanes) is 4. The van der Waals surface area contributed by atoms with Gasteiger partial charge in [-0.3, -0.25) is 0 Å². The summed E-state index contributed by atoms with van der Waals surface area (Å²) in [4.78, 5) is 9.92. The van der Waals surface area contributed by atoms with E-state index in [0.717, 1.165) is 19.3 Å². The molecule has 0 aromatic rings. The first-order valence-electron chi connectivity index (χ1n) is 3.97. The number of hydrogen-bond acceptors (Lipinski definition) is 2. The van der Waals surface area contributed by atoms with Gasteiger partial charge in [0.25, 0.3) is 0 Å². The van der Waals surface area contributed by atoms with Crippen LogP contribution in [0.3, 0.4) is 0 Å². The van der Waals surface area contributed by atoms with Gasteiger partial charge >= 0.3 is 58.2 Å². The van der Waals surface area contributed by atoms with E-state index in [1.165, 1.54) is 12.8 Å². The van der Waals surface area contributed by atoms with Crippen LogP contribution in [0.25, 0.3) is 0 Å². The van der Waals surface area contributed by atoms with E-state index in [9.17, 15) is 9.90 Å². The average molecular weight is 229 g/mol. The number of hydrogen-bond donors (Lipinski definition) is 0. The van der Waals surface area contributed by atoms with Gasteiger partial charge in [-0.1, -0.05) is 32.6 Å². The first-order valence-corrected chi connectivity index (χ1v) is 3.97. The second kappa shape index (κ2) is 11.3. The maximum Gasteiger partial charge on any atom is 1.00 e. The molecule has 0 unspecified atom stereocenters. The molecule has 0 aliphatic heterocycles. The Hall–Kier alpha value is 1.28. The molecule has 0 bridgehead atoms. The predicted octanol–water partition coefficient (Wildman–Crippen LogP) is -1.90. The van der Waals surface area contributed by atoms with Gasteiger partial charge in [-0.25, -0.2) is 0 Å². The van der Waals surface area contributed by atoms with Crippen molar-refractivity contribution in [2.75, 3.05) is 0 Å². The van der Waals surface area contributed by atoms with Crippen molar-refractivity contribution >= 4 is 5.97 Å². The molecule has 0 aromatic heterocycles. The summed E-state index contributed by atoms with van der Waals surface area (Å²) >= 11 is 0. The van der Waals surface area contributed by atoms with Crippen molar-refractivity contribution in [3.63, 3.8) is 0 Å². The summed E-state index contributed by atoms with van der Waals surface area (Å²) < 4.78 is 0. The molecule has 0 aliphatic carbocycles. The molecule has 0 aliphatic rings. The molecule has 0 saturated carbocycles. The van der Waals surface area contributed by atoms with E-state index in [-0.39, 0.29) is 64.6 Å². The first-order chi connectivity index (χ1) is 4.77. The van der Waals surface area contributed by atoms with E-state index >= 15 is 0 Å². The molecule has 0 rings (SSSR count). The second-order valence-electron chi connectivity index (χ2n) is 2.54. The van der Waals surface area contributed by atoms with E-state index in [2.05, 4.69) is 6.92 Å². The van der Waals surface area contributed by atoms with Gasteiger partial charge < -0.3 is 9.90 Å². The molecule has 0 atom stereocenters. The molecule has 0 saturated heterocycles. The number of carboxylic acid groups (broad SMARTS) is 1. The molecular weight excluding hydrogens is 214 g/mol. The van der Waals surface area contributed by atoms with Crippen LogP contribution in [0.4, 0.5) is 0 Å². The summed E-state index contributed by atoms with van der Waals surface area (Å²) in [6.07, 6.45) is 5.61. The summed E-state index contributed by atoms with van der Waals surface area (Å²) in [5.74, 6) is -0.920. The Morgan fingerprint density at radius 1 is 1.18 bits per heavy atom. The molecule has 0 spiro atoms. The normalized spacial score (nSPS) is 8.82. The predicted molar refractivity (Wildman–Crippen MR) is 38.4 cm³/mol. The number of aliphatic carboxylic acids is 1. The fraction of sp³-hybridized carbons (Fsp3) is 0.875. The maximum atomic E-state index is 9.92. The van der Waals surface area contributed by atoms with Gasteiger partial charge in [0.05, 0.1) is 0 Å². The van der Waals surface area contributed by atoms with Crippen LogP contribution in [0.2, 0.25) is 0 Å². The molecule has 0 amide bonds. The SMILES string of the molecule is CCCCCCCC(=O)[O-].[Rb+]. The molecule has 3 heteroatoms. The van der Waals surface area contributed by atoms with E-state index in [0.29, 0.717) is 0 Å². The Labute approximate surface area is 118 Å². The van der Waals surface area contributed by atoms with Crippen molar-refractivity contribution in [1.29, 1.82) is 0 Å². The molecule has 60 valence electrons. The van der Waals surface area contributed by atoms with E-state index < -0.39 is 5.97 Å². The van der Waals surface area contributed by atoms with Crippen molar-refractivity contribution < 1.29 is 68.1 Å². The Morgan fingerprint density at radius 3 is 2.18 bits per heavy atom. The Bertz CT molecular complexity index is 94.1. The maximum absolute atomic E-state index is 9.92. The summed E-state index contributed by atoms with van der Waals surface area (Å²) in [5, 5.41) is 9.92. The van der Waals surface area contributed by atoms with E-state index in [4.69, 9.17) is 0 Å². The molecule has 0 fully saturated rings. The topological polar surface area (TPSA) is 40.1 Å². The molecule has 0 heterocycles. The van der Waals surface area contributed by atoms with Crippen molar-refractivity contribution in [1.82, 2.24) is 0 Å². The summed E-state index contributed by atoms with van der Waals surface area (Å²) in [7, 11) is 0. The second-order valence-corrected chi connectivity index (χ2v) is 2.54. The van der Waals surface area contributed by atoms with Gasteiger partial charge in [-0.15, -0.1) is 0 Å². The third-order valence-electron chi connectivity index (χ3n) is 1.48. The molecule has 2 nitrogen and oxygen atoms in total. The Kier molecular flexibility index (Phi) is 15.2. The first kappa shape index (κ1) is 14.8. The average Bonchev–Trinajstić information content (AvgIpc) is 1.87. The third-order valence-corrected chi connectivity index (χ3v) is 1.48. The van der Waals surface area contributed by atoms with Crippen LogP contribution in [0, 0.1) is 0 Å². The van der Waals surface area contributed by atoms with Crippen LogP contribution in [0.15, 0.2) is 0 Å². The van der Waals surface area contributed by atoms with Crippen LogP contribution in [-0.2, 0) is 4.79 Å². The fourth-order valence-electron chi connectivity index (χ4n) is 0.873. The summed E-state index contributed by atoms with van der Waals surface area (Å²) in [6.45, 7) is 2.14. The van der Waals surface area contributed by atoms with Crippen molar-refractivity contribution in [3.05, 3.63) is 0 Å².